The van der Waals surface area contributed by atoms with Crippen molar-refractivity contribution in [1.82, 2.24) is 4.90 Å². The van der Waals surface area contributed by atoms with Crippen LogP contribution >= 0.6 is 0 Å². The minimum atomic E-state index is -0.486. The average molecular weight is 251 g/mol. The first-order valence-corrected chi connectivity index (χ1v) is 6.09. The van der Waals surface area contributed by atoms with Crippen LogP contribution in [0, 0.1) is 5.82 Å². The Morgan fingerprint density at radius 2 is 1.94 bits per heavy atom. The third kappa shape index (κ3) is 2.81. The third-order valence-electron chi connectivity index (χ3n) is 2.88. The molecule has 1 heterocycles. The highest BCUT2D eigenvalue weighted by Gasteiger charge is 2.35. The van der Waals surface area contributed by atoms with Crippen molar-refractivity contribution in [2.75, 3.05) is 13.1 Å². The molecule has 18 heavy (non-hydrogen) atoms. The fourth-order valence-corrected chi connectivity index (χ4v) is 1.96. The number of ether oxygens (including phenoxy) is 1. The standard InChI is InChI=1S/C14H18FNO2/c1-14(2,3)18-13(17)16-8-10(9-16)11-6-4-5-7-12(11)15/h4-7,10H,8-9H2,1-3H3. The molecule has 1 saturated heterocycles. The van der Waals surface area contributed by atoms with E-state index in [0.717, 1.165) is 0 Å². The van der Waals surface area contributed by atoms with Crippen molar-refractivity contribution in [2.24, 2.45) is 0 Å². The summed E-state index contributed by atoms with van der Waals surface area (Å²) in [5, 5.41) is 0. The molecule has 0 unspecified atom stereocenters. The van der Waals surface area contributed by atoms with Crippen LogP contribution in [0.4, 0.5) is 9.18 Å². The largest absolute Gasteiger partial charge is 0.444 e. The molecule has 0 aromatic heterocycles. The summed E-state index contributed by atoms with van der Waals surface area (Å²) in [5.74, 6) is -0.120. The number of carbonyl (C=O) groups excluding carboxylic acids is 1. The summed E-state index contributed by atoms with van der Waals surface area (Å²) >= 11 is 0. The van der Waals surface area contributed by atoms with Gasteiger partial charge in [0.2, 0.25) is 0 Å². The molecule has 1 fully saturated rings. The van der Waals surface area contributed by atoms with Gasteiger partial charge in [-0.2, -0.15) is 0 Å². The van der Waals surface area contributed by atoms with Crippen molar-refractivity contribution in [1.29, 1.82) is 0 Å². The van der Waals surface area contributed by atoms with Gasteiger partial charge in [-0.25, -0.2) is 9.18 Å². The van der Waals surface area contributed by atoms with Gasteiger partial charge in [-0.3, -0.25) is 0 Å². The van der Waals surface area contributed by atoms with E-state index in [0.29, 0.717) is 18.7 Å². The summed E-state index contributed by atoms with van der Waals surface area (Å²) in [6, 6.07) is 6.70. The molecular weight excluding hydrogens is 233 g/mol. The van der Waals surface area contributed by atoms with Crippen LogP contribution in [0.15, 0.2) is 24.3 Å². The Balaban J connectivity index is 1.91. The fourth-order valence-electron chi connectivity index (χ4n) is 1.96. The number of benzene rings is 1. The summed E-state index contributed by atoms with van der Waals surface area (Å²) < 4.78 is 18.8. The van der Waals surface area contributed by atoms with Gasteiger partial charge in [0.15, 0.2) is 0 Å². The average Bonchev–Trinajstić information content (AvgIpc) is 2.15. The minimum Gasteiger partial charge on any atom is -0.444 e. The van der Waals surface area contributed by atoms with Crippen molar-refractivity contribution >= 4 is 6.09 Å². The Bertz CT molecular complexity index is 447. The van der Waals surface area contributed by atoms with Crippen molar-refractivity contribution in [3.8, 4) is 0 Å². The number of halogens is 1. The van der Waals surface area contributed by atoms with E-state index < -0.39 is 5.60 Å². The molecule has 0 bridgehead atoms. The van der Waals surface area contributed by atoms with Gasteiger partial charge < -0.3 is 9.64 Å². The summed E-state index contributed by atoms with van der Waals surface area (Å²) in [5.41, 5.74) is 0.192. The molecule has 0 atom stereocenters. The summed E-state index contributed by atoms with van der Waals surface area (Å²) in [6.45, 7) is 6.54. The van der Waals surface area contributed by atoms with Crippen LogP contribution in [0.3, 0.4) is 0 Å². The number of amides is 1. The van der Waals surface area contributed by atoms with E-state index in [2.05, 4.69) is 0 Å². The predicted molar refractivity (Wildman–Crippen MR) is 66.9 cm³/mol. The first-order valence-electron chi connectivity index (χ1n) is 6.09. The molecule has 0 aliphatic carbocycles. The molecule has 98 valence electrons. The van der Waals surface area contributed by atoms with E-state index in [-0.39, 0.29) is 17.8 Å². The summed E-state index contributed by atoms with van der Waals surface area (Å²) in [6.07, 6.45) is -0.324. The van der Waals surface area contributed by atoms with E-state index in [9.17, 15) is 9.18 Å². The zero-order chi connectivity index (χ0) is 13.3. The van der Waals surface area contributed by atoms with Gasteiger partial charge in [-0.15, -0.1) is 0 Å². The molecule has 3 nitrogen and oxygen atoms in total. The van der Waals surface area contributed by atoms with Crippen molar-refractivity contribution in [2.45, 2.75) is 32.3 Å². The molecule has 0 radical (unpaired) electrons. The van der Waals surface area contributed by atoms with Crippen LogP contribution in [-0.2, 0) is 4.74 Å². The number of rotatable bonds is 1. The monoisotopic (exact) mass is 251 g/mol. The van der Waals surface area contributed by atoms with E-state index in [1.165, 1.54) is 6.07 Å². The highest BCUT2D eigenvalue weighted by molar-refractivity contribution is 5.69. The molecular formula is C14H18FNO2. The van der Waals surface area contributed by atoms with Crippen molar-refractivity contribution in [3.05, 3.63) is 35.6 Å². The second-order valence-corrected chi connectivity index (χ2v) is 5.60. The number of likely N-dealkylation sites (tertiary alicyclic amines) is 1. The first kappa shape index (κ1) is 12.9. The van der Waals surface area contributed by atoms with E-state index in [1.807, 2.05) is 26.8 Å². The van der Waals surface area contributed by atoms with E-state index in [4.69, 9.17) is 4.74 Å². The van der Waals surface area contributed by atoms with Crippen LogP contribution in [0.25, 0.3) is 0 Å². The SMILES string of the molecule is CC(C)(C)OC(=O)N1CC(c2ccccc2F)C1. The molecule has 1 aromatic carbocycles. The maximum absolute atomic E-state index is 13.5. The van der Waals surface area contributed by atoms with Gasteiger partial charge in [0.25, 0.3) is 0 Å². The van der Waals surface area contributed by atoms with Crippen LogP contribution in [-0.4, -0.2) is 29.7 Å². The normalized spacial score (nSPS) is 16.3. The second kappa shape index (κ2) is 4.59. The lowest BCUT2D eigenvalue weighted by Crippen LogP contribution is -2.50. The highest BCUT2D eigenvalue weighted by Crippen LogP contribution is 2.29. The fraction of sp³-hybridized carbons (Fsp3) is 0.500. The van der Waals surface area contributed by atoms with E-state index in [1.54, 1.807) is 17.0 Å². The van der Waals surface area contributed by atoms with Gasteiger partial charge >= 0.3 is 6.09 Å². The summed E-state index contributed by atoms with van der Waals surface area (Å²) in [4.78, 5) is 13.3. The molecule has 2 rings (SSSR count). The summed E-state index contributed by atoms with van der Waals surface area (Å²) in [7, 11) is 0. The highest BCUT2D eigenvalue weighted by atomic mass is 19.1. The lowest BCUT2D eigenvalue weighted by molar-refractivity contribution is 0.00790. The Hall–Kier alpha value is -1.58. The zero-order valence-electron chi connectivity index (χ0n) is 10.9. The van der Waals surface area contributed by atoms with Crippen LogP contribution in [0.2, 0.25) is 0 Å². The topological polar surface area (TPSA) is 29.5 Å². The van der Waals surface area contributed by atoms with Gasteiger partial charge in [-0.1, -0.05) is 18.2 Å². The molecule has 0 N–H and O–H groups in total. The Labute approximate surface area is 107 Å². The molecule has 0 saturated carbocycles. The van der Waals surface area contributed by atoms with Gasteiger partial charge in [0.05, 0.1) is 0 Å². The number of carbonyl (C=O) groups is 1. The second-order valence-electron chi connectivity index (χ2n) is 5.60. The van der Waals surface area contributed by atoms with Crippen molar-refractivity contribution < 1.29 is 13.9 Å². The maximum atomic E-state index is 13.5. The predicted octanol–water partition coefficient (Wildman–Crippen LogP) is 3.16. The zero-order valence-corrected chi connectivity index (χ0v) is 10.9. The molecule has 1 amide bonds. The Kier molecular flexibility index (Phi) is 3.28. The lowest BCUT2D eigenvalue weighted by atomic mass is 9.91. The molecule has 1 aliphatic heterocycles. The van der Waals surface area contributed by atoms with Crippen LogP contribution < -0.4 is 0 Å². The van der Waals surface area contributed by atoms with Crippen LogP contribution in [0.1, 0.15) is 32.3 Å². The molecule has 1 aromatic rings. The molecule has 0 spiro atoms. The lowest BCUT2D eigenvalue weighted by Gasteiger charge is -2.40. The van der Waals surface area contributed by atoms with E-state index >= 15 is 0 Å². The quantitative estimate of drug-likeness (QED) is 0.767. The van der Waals surface area contributed by atoms with Gasteiger partial charge in [0.1, 0.15) is 11.4 Å². The minimum absolute atomic E-state index is 0.0821. The smallest absolute Gasteiger partial charge is 0.410 e. The molecule has 4 heteroatoms. The first-order chi connectivity index (χ1) is 8.37. The van der Waals surface area contributed by atoms with Gasteiger partial charge in [-0.05, 0) is 32.4 Å². The van der Waals surface area contributed by atoms with Crippen molar-refractivity contribution in [3.63, 3.8) is 0 Å². The van der Waals surface area contributed by atoms with Gasteiger partial charge in [0, 0.05) is 19.0 Å². The number of nitrogens with zero attached hydrogens (tertiary/aromatic N) is 1. The third-order valence-corrected chi connectivity index (χ3v) is 2.88. The number of hydrogen-bond donors (Lipinski definition) is 0. The molecule has 1 aliphatic rings. The Morgan fingerprint density at radius 1 is 1.33 bits per heavy atom. The Morgan fingerprint density at radius 3 is 2.50 bits per heavy atom. The maximum Gasteiger partial charge on any atom is 0.410 e. The number of hydrogen-bond acceptors (Lipinski definition) is 2. The van der Waals surface area contributed by atoms with Crippen LogP contribution in [0.5, 0.6) is 0 Å².